The minimum Gasteiger partial charge on any atom is -0.488 e. The molecule has 3 saturated heterocycles. The summed E-state index contributed by atoms with van der Waals surface area (Å²) in [6, 6.07) is 13.1. The number of fused-ring (bicyclic) bond motifs is 2. The van der Waals surface area contributed by atoms with Crippen molar-refractivity contribution in [2.45, 2.75) is 81.3 Å². The molecule has 16 nitrogen and oxygen atoms in total. The molecule has 1 saturated carbocycles. The number of halogens is 5. The minimum absolute atomic E-state index is 0.00579. The molecule has 404 valence electrons. The number of piperidine rings is 2. The summed E-state index contributed by atoms with van der Waals surface area (Å²) in [7, 11) is 1.55. The fourth-order valence-corrected chi connectivity index (χ4v) is 12.7. The second kappa shape index (κ2) is 22.0. The summed E-state index contributed by atoms with van der Waals surface area (Å²) in [6.45, 7) is 2.41. The van der Waals surface area contributed by atoms with Gasteiger partial charge in [-0.1, -0.05) is 41.9 Å². The number of aliphatic hydroxyl groups is 2. The number of amides is 5. The highest BCUT2D eigenvalue weighted by molar-refractivity contribution is 6.34. The SMILES string of the molecule is Cn1nc(N2CCC(=O)NC2=O)c2cc(F)c(C3CCN(CC4CCN(C(=O)C5CCC(NC[C@]6(c7ccccc7)Oc7cc(F)c(Cl)c(-c8c(C(N)=O)ccc(OCCO)c8F)c7[C@@H]6CO)CC5)CC4)CC3)c(F)c21. The molecule has 1 aromatic heterocycles. The number of ether oxygens (including phenoxy) is 2. The van der Waals surface area contributed by atoms with Crippen molar-refractivity contribution in [1.82, 2.24) is 30.2 Å². The standard InChI is InChI=1S/C55H61ClF4N8O8/c1-65-50-36(52(64-65)68-22-17-42(71)63-54(68)74)25-38(57)43(49(50)60)31-15-18-66(19-16-31)27-30-13-20-67(21-14-30)53(73)32-7-9-34(10-8-32)62-29-55(33-5-3-2-4-6-33)37(28-70)45-41(76-55)26-39(58)47(56)46(45)44-35(51(61)72)11-12-40(48(44)59)75-24-23-69/h2-6,11-12,25-26,30-32,34,37,62,69-70H,7-10,13-24,27-29H2,1H3,(H2,61,72)(H,63,71,74)/t32?,34?,37-,55+/m0/s1. The van der Waals surface area contributed by atoms with Gasteiger partial charge in [0.2, 0.25) is 17.7 Å². The molecule has 10 rings (SSSR count). The van der Waals surface area contributed by atoms with Crippen LogP contribution in [0.3, 0.4) is 0 Å². The molecule has 5 amide bonds. The van der Waals surface area contributed by atoms with Crippen molar-refractivity contribution in [3.8, 4) is 22.6 Å². The molecule has 2 atom stereocenters. The molecule has 5 aromatic rings. The number of imide groups is 1. The number of urea groups is 1. The van der Waals surface area contributed by atoms with E-state index in [1.165, 1.54) is 27.8 Å². The van der Waals surface area contributed by atoms with Crippen LogP contribution in [0.15, 0.2) is 54.6 Å². The van der Waals surface area contributed by atoms with Crippen LogP contribution in [0.5, 0.6) is 11.5 Å². The van der Waals surface area contributed by atoms with Gasteiger partial charge in [-0.05, 0) is 100 Å². The smallest absolute Gasteiger partial charge is 0.329 e. The number of nitrogens with two attached hydrogens (primary N) is 1. The Balaban J connectivity index is 0.748. The van der Waals surface area contributed by atoms with Crippen LogP contribution < -0.4 is 30.7 Å². The van der Waals surface area contributed by atoms with Crippen molar-refractivity contribution in [1.29, 1.82) is 0 Å². The monoisotopic (exact) mass is 1070 g/mol. The first kappa shape index (κ1) is 53.1. The van der Waals surface area contributed by atoms with Crippen LogP contribution in [-0.4, -0.2) is 125 Å². The van der Waals surface area contributed by atoms with Gasteiger partial charge < -0.3 is 40.5 Å². The number of rotatable bonds is 15. The molecular weight excluding hydrogens is 1010 g/mol. The highest BCUT2D eigenvalue weighted by Gasteiger charge is 2.52. The number of aryl methyl sites for hydroxylation is 1. The van der Waals surface area contributed by atoms with E-state index in [0.717, 1.165) is 25.5 Å². The Morgan fingerprint density at radius 1 is 0.895 bits per heavy atom. The van der Waals surface area contributed by atoms with Crippen molar-refractivity contribution in [3.63, 3.8) is 0 Å². The summed E-state index contributed by atoms with van der Waals surface area (Å²) in [5, 5.41) is 30.5. The molecule has 0 unspecified atom stereocenters. The third kappa shape index (κ3) is 9.86. The number of likely N-dealkylation sites (tertiary alicyclic amines) is 2. The normalized spacial score (nSPS) is 22.7. The van der Waals surface area contributed by atoms with Gasteiger partial charge in [0.1, 0.15) is 29.5 Å². The van der Waals surface area contributed by atoms with Crippen molar-refractivity contribution < 1.29 is 56.4 Å². The molecule has 5 aliphatic rings. The first-order chi connectivity index (χ1) is 36.6. The predicted molar refractivity (Wildman–Crippen MR) is 274 cm³/mol. The molecule has 0 bridgehead atoms. The summed E-state index contributed by atoms with van der Waals surface area (Å²) in [6.07, 6.45) is 5.54. The van der Waals surface area contributed by atoms with Gasteiger partial charge in [0.05, 0.1) is 35.1 Å². The number of anilines is 1. The number of aliphatic hydroxyl groups excluding tert-OH is 2. The van der Waals surface area contributed by atoms with Gasteiger partial charge in [-0.15, -0.1) is 0 Å². The average molecular weight is 1070 g/mol. The number of benzene rings is 4. The molecule has 1 aliphatic carbocycles. The molecule has 0 radical (unpaired) electrons. The third-order valence-electron chi connectivity index (χ3n) is 16.4. The fraction of sp³-hybridized carbons (Fsp3) is 0.473. The molecule has 76 heavy (non-hydrogen) atoms. The number of primary amides is 1. The average Bonchev–Trinajstić information content (AvgIpc) is 3.96. The summed E-state index contributed by atoms with van der Waals surface area (Å²) in [5.74, 6) is -5.99. The lowest BCUT2D eigenvalue weighted by atomic mass is 9.76. The van der Waals surface area contributed by atoms with E-state index in [1.54, 1.807) is 7.05 Å². The zero-order valence-electron chi connectivity index (χ0n) is 42.1. The quantitative estimate of drug-likeness (QED) is 0.0676. The lowest BCUT2D eigenvalue weighted by Crippen LogP contribution is -2.50. The van der Waals surface area contributed by atoms with Crippen LogP contribution in [0.2, 0.25) is 5.02 Å². The summed E-state index contributed by atoms with van der Waals surface area (Å²) in [4.78, 5) is 56.6. The maximum atomic E-state index is 16.5. The van der Waals surface area contributed by atoms with Gasteiger partial charge in [0.15, 0.2) is 28.8 Å². The number of aromatic nitrogens is 2. The number of nitrogens with zero attached hydrogens (tertiary/aromatic N) is 5. The first-order valence-corrected chi connectivity index (χ1v) is 26.4. The van der Waals surface area contributed by atoms with Gasteiger partial charge in [-0.25, -0.2) is 22.4 Å². The van der Waals surface area contributed by atoms with Crippen LogP contribution >= 0.6 is 11.6 Å². The lowest BCUT2D eigenvalue weighted by molar-refractivity contribution is -0.138. The maximum Gasteiger partial charge on any atom is 0.329 e. The van der Waals surface area contributed by atoms with E-state index in [-0.39, 0.29) is 100 Å². The van der Waals surface area contributed by atoms with E-state index in [2.05, 4.69) is 20.6 Å². The fourth-order valence-electron chi connectivity index (χ4n) is 12.4. The Kier molecular flexibility index (Phi) is 15.3. The van der Waals surface area contributed by atoms with Crippen LogP contribution in [0.4, 0.5) is 28.2 Å². The number of nitrogens with one attached hydrogen (secondary N) is 2. The number of hydrogen-bond donors (Lipinski definition) is 5. The summed E-state index contributed by atoms with van der Waals surface area (Å²) >= 11 is 6.69. The molecule has 4 fully saturated rings. The van der Waals surface area contributed by atoms with Crippen LogP contribution in [0.25, 0.3) is 22.0 Å². The van der Waals surface area contributed by atoms with E-state index in [0.29, 0.717) is 76.2 Å². The highest BCUT2D eigenvalue weighted by Crippen LogP contribution is 2.57. The van der Waals surface area contributed by atoms with Crippen molar-refractivity contribution in [3.05, 3.63) is 105 Å². The molecule has 5 heterocycles. The van der Waals surface area contributed by atoms with Gasteiger partial charge in [-0.2, -0.15) is 5.10 Å². The van der Waals surface area contributed by atoms with Gasteiger partial charge >= 0.3 is 6.03 Å². The van der Waals surface area contributed by atoms with Crippen molar-refractivity contribution >= 4 is 52.1 Å². The zero-order valence-corrected chi connectivity index (χ0v) is 42.8. The number of carbonyl (C=O) groups is 4. The topological polar surface area (TPSA) is 205 Å². The molecule has 6 N–H and O–H groups in total. The third-order valence-corrected chi connectivity index (χ3v) is 16.7. The largest absolute Gasteiger partial charge is 0.488 e. The van der Waals surface area contributed by atoms with Gasteiger partial charge in [0.25, 0.3) is 0 Å². The molecule has 0 spiro atoms. The van der Waals surface area contributed by atoms with Crippen LogP contribution in [-0.2, 0) is 22.2 Å². The van der Waals surface area contributed by atoms with E-state index >= 15 is 17.6 Å². The molecule has 21 heteroatoms. The Hall–Kier alpha value is -6.32. The molecular formula is C55H61ClF4N8O8. The van der Waals surface area contributed by atoms with Crippen molar-refractivity contribution in [2.24, 2.45) is 24.6 Å². The second-order valence-electron chi connectivity index (χ2n) is 20.7. The van der Waals surface area contributed by atoms with Crippen LogP contribution in [0.1, 0.15) is 96.7 Å². The molecule has 4 aromatic carbocycles. The summed E-state index contributed by atoms with van der Waals surface area (Å²) in [5.41, 5.74) is 4.38. The van der Waals surface area contributed by atoms with Crippen molar-refractivity contribution in [2.75, 3.05) is 70.5 Å². The van der Waals surface area contributed by atoms with E-state index in [9.17, 15) is 29.4 Å². The van der Waals surface area contributed by atoms with Gasteiger partial charge in [-0.3, -0.25) is 29.3 Å². The number of carbonyl (C=O) groups excluding carboxylic acids is 4. The first-order valence-electron chi connectivity index (χ1n) is 26.1. The maximum absolute atomic E-state index is 16.5. The predicted octanol–water partition coefficient (Wildman–Crippen LogP) is 7.00. The summed E-state index contributed by atoms with van der Waals surface area (Å²) < 4.78 is 78.0. The highest BCUT2D eigenvalue weighted by atomic mass is 35.5. The Labute approximate surface area is 441 Å². The number of hydrogen-bond acceptors (Lipinski definition) is 11. The van der Waals surface area contributed by atoms with E-state index < -0.39 is 76.4 Å². The second-order valence-corrected chi connectivity index (χ2v) is 21.1. The van der Waals surface area contributed by atoms with E-state index in [1.807, 2.05) is 35.2 Å². The van der Waals surface area contributed by atoms with E-state index in [4.69, 9.17) is 26.8 Å². The minimum atomic E-state index is -1.37. The van der Waals surface area contributed by atoms with Gasteiger partial charge in [0, 0.05) is 86.5 Å². The Bertz CT molecular complexity index is 3050. The lowest BCUT2D eigenvalue weighted by Gasteiger charge is -2.40. The van der Waals surface area contributed by atoms with Crippen LogP contribution in [0, 0.1) is 35.1 Å². The Morgan fingerprint density at radius 3 is 2.29 bits per heavy atom. The zero-order chi connectivity index (χ0) is 53.6. The molecule has 4 aliphatic heterocycles. The Morgan fingerprint density at radius 2 is 1.62 bits per heavy atom.